The third-order valence-electron chi connectivity index (χ3n) is 3.39. The molecule has 0 saturated heterocycles. The molecule has 3 heteroatoms. The van der Waals surface area contributed by atoms with E-state index in [-0.39, 0.29) is 11.9 Å². The number of hydrogen-bond acceptors (Lipinski definition) is 2. The van der Waals surface area contributed by atoms with Crippen LogP contribution in [0.2, 0.25) is 0 Å². The van der Waals surface area contributed by atoms with Crippen molar-refractivity contribution in [2.45, 2.75) is 26.3 Å². The van der Waals surface area contributed by atoms with Crippen molar-refractivity contribution in [1.82, 2.24) is 5.43 Å². The molecule has 100 valence electrons. The van der Waals surface area contributed by atoms with E-state index in [0.29, 0.717) is 12.0 Å². The van der Waals surface area contributed by atoms with Crippen LogP contribution in [0.15, 0.2) is 42.5 Å². The minimum Gasteiger partial charge on any atom is -0.271 e. The quantitative estimate of drug-likeness (QED) is 0.653. The average Bonchev–Trinajstić information content (AvgIpc) is 2.41. The molecule has 0 aromatic heterocycles. The fourth-order valence-corrected chi connectivity index (χ4v) is 2.28. The monoisotopic (exact) mass is 258 g/mol. The van der Waals surface area contributed by atoms with Crippen LogP contribution < -0.4 is 11.3 Å². The van der Waals surface area contributed by atoms with Crippen molar-refractivity contribution in [1.29, 1.82) is 0 Å². The highest BCUT2D eigenvalue weighted by molar-refractivity contribution is 5.34. The molecule has 2 rings (SSSR count). The highest BCUT2D eigenvalue weighted by Crippen LogP contribution is 2.23. The molecular formula is C16H19FN2. The van der Waals surface area contributed by atoms with Gasteiger partial charge in [-0.05, 0) is 43.0 Å². The number of nitrogens with one attached hydrogen (secondary N) is 1. The SMILES string of the molecule is Cc1ccc(C)c(C(Cc2ccccc2F)NN)c1. The van der Waals surface area contributed by atoms with Crippen LogP contribution >= 0.6 is 0 Å². The van der Waals surface area contributed by atoms with Gasteiger partial charge in [0.1, 0.15) is 5.82 Å². The Bertz CT molecular complexity index is 566. The molecule has 0 bridgehead atoms. The zero-order valence-electron chi connectivity index (χ0n) is 11.3. The van der Waals surface area contributed by atoms with Gasteiger partial charge in [0.15, 0.2) is 0 Å². The molecular weight excluding hydrogens is 239 g/mol. The third-order valence-corrected chi connectivity index (χ3v) is 3.39. The first-order valence-corrected chi connectivity index (χ1v) is 6.38. The van der Waals surface area contributed by atoms with E-state index in [1.165, 1.54) is 11.6 Å². The van der Waals surface area contributed by atoms with Gasteiger partial charge >= 0.3 is 0 Å². The summed E-state index contributed by atoms with van der Waals surface area (Å²) < 4.78 is 13.7. The van der Waals surface area contributed by atoms with Gasteiger partial charge < -0.3 is 0 Å². The van der Waals surface area contributed by atoms with Gasteiger partial charge in [0.2, 0.25) is 0 Å². The van der Waals surface area contributed by atoms with Crippen LogP contribution in [0.1, 0.15) is 28.3 Å². The predicted molar refractivity (Wildman–Crippen MR) is 76.1 cm³/mol. The molecule has 0 aliphatic heterocycles. The lowest BCUT2D eigenvalue weighted by molar-refractivity contribution is 0.527. The minimum atomic E-state index is -0.187. The summed E-state index contributed by atoms with van der Waals surface area (Å²) in [6, 6.07) is 13.0. The number of rotatable bonds is 4. The van der Waals surface area contributed by atoms with Gasteiger partial charge in [-0.25, -0.2) is 4.39 Å². The maximum absolute atomic E-state index is 13.7. The minimum absolute atomic E-state index is 0.0863. The highest BCUT2D eigenvalue weighted by atomic mass is 19.1. The van der Waals surface area contributed by atoms with Gasteiger partial charge in [-0.15, -0.1) is 0 Å². The Kier molecular flexibility index (Phi) is 4.30. The standard InChI is InChI=1S/C16H19FN2/c1-11-7-8-12(2)14(9-11)16(19-18)10-13-5-3-4-6-15(13)17/h3-9,16,19H,10,18H2,1-2H3. The molecule has 0 aliphatic rings. The topological polar surface area (TPSA) is 38.0 Å². The Hall–Kier alpha value is -1.71. The molecule has 2 nitrogen and oxygen atoms in total. The van der Waals surface area contributed by atoms with Crippen molar-refractivity contribution >= 4 is 0 Å². The summed E-state index contributed by atoms with van der Waals surface area (Å²) in [6.07, 6.45) is 0.535. The third kappa shape index (κ3) is 3.19. The maximum atomic E-state index is 13.7. The number of nitrogens with two attached hydrogens (primary N) is 1. The van der Waals surface area contributed by atoms with Crippen molar-refractivity contribution < 1.29 is 4.39 Å². The summed E-state index contributed by atoms with van der Waals surface area (Å²) in [6.45, 7) is 4.08. The molecule has 19 heavy (non-hydrogen) atoms. The Morgan fingerprint density at radius 2 is 1.89 bits per heavy atom. The highest BCUT2D eigenvalue weighted by Gasteiger charge is 2.15. The molecule has 0 aliphatic carbocycles. The van der Waals surface area contributed by atoms with Crippen LogP contribution in [0.5, 0.6) is 0 Å². The van der Waals surface area contributed by atoms with Crippen molar-refractivity contribution in [2.24, 2.45) is 5.84 Å². The summed E-state index contributed by atoms with van der Waals surface area (Å²) in [5, 5.41) is 0. The van der Waals surface area contributed by atoms with Gasteiger partial charge in [-0.3, -0.25) is 11.3 Å². The van der Waals surface area contributed by atoms with Gasteiger partial charge in [0.25, 0.3) is 0 Å². The predicted octanol–water partition coefficient (Wildman–Crippen LogP) is 3.19. The molecule has 0 radical (unpaired) electrons. The van der Waals surface area contributed by atoms with Crippen molar-refractivity contribution in [2.75, 3.05) is 0 Å². The van der Waals surface area contributed by atoms with E-state index in [1.807, 2.05) is 19.9 Å². The van der Waals surface area contributed by atoms with Crippen molar-refractivity contribution in [3.63, 3.8) is 0 Å². The second-order valence-electron chi connectivity index (χ2n) is 4.87. The number of aryl methyl sites for hydroxylation is 2. The number of hydrogen-bond donors (Lipinski definition) is 2. The smallest absolute Gasteiger partial charge is 0.126 e. The van der Waals surface area contributed by atoms with Crippen LogP contribution in [0.3, 0.4) is 0 Å². The average molecular weight is 258 g/mol. The van der Waals surface area contributed by atoms with Crippen LogP contribution in [-0.4, -0.2) is 0 Å². The Morgan fingerprint density at radius 1 is 1.16 bits per heavy atom. The molecule has 0 heterocycles. The number of benzene rings is 2. The number of hydrazine groups is 1. The molecule has 0 saturated carbocycles. The molecule has 1 unspecified atom stereocenters. The first kappa shape index (κ1) is 13.7. The summed E-state index contributed by atoms with van der Waals surface area (Å²) in [7, 11) is 0. The second kappa shape index (κ2) is 5.95. The van der Waals surface area contributed by atoms with Gasteiger partial charge in [0.05, 0.1) is 6.04 Å². The lowest BCUT2D eigenvalue weighted by Crippen LogP contribution is -2.30. The van der Waals surface area contributed by atoms with Gasteiger partial charge in [-0.2, -0.15) is 0 Å². The second-order valence-corrected chi connectivity index (χ2v) is 4.87. The van der Waals surface area contributed by atoms with E-state index in [4.69, 9.17) is 5.84 Å². The van der Waals surface area contributed by atoms with Crippen molar-refractivity contribution in [3.05, 3.63) is 70.5 Å². The van der Waals surface area contributed by atoms with Crippen LogP contribution in [-0.2, 0) is 6.42 Å². The van der Waals surface area contributed by atoms with E-state index < -0.39 is 0 Å². The normalized spacial score (nSPS) is 12.4. The molecule has 0 amide bonds. The van der Waals surface area contributed by atoms with Crippen molar-refractivity contribution in [3.8, 4) is 0 Å². The Balaban J connectivity index is 2.30. The molecule has 2 aromatic rings. The Labute approximate surface area is 113 Å². The Morgan fingerprint density at radius 3 is 2.58 bits per heavy atom. The molecule has 0 spiro atoms. The van der Waals surface area contributed by atoms with E-state index in [1.54, 1.807) is 12.1 Å². The summed E-state index contributed by atoms with van der Waals surface area (Å²) in [5.41, 5.74) is 6.92. The van der Waals surface area contributed by atoms with E-state index in [0.717, 1.165) is 11.1 Å². The lowest BCUT2D eigenvalue weighted by atomic mass is 9.94. The molecule has 1 atom stereocenters. The van der Waals surface area contributed by atoms with E-state index >= 15 is 0 Å². The lowest BCUT2D eigenvalue weighted by Gasteiger charge is -2.19. The summed E-state index contributed by atoms with van der Waals surface area (Å²) >= 11 is 0. The molecule has 2 aromatic carbocycles. The molecule has 0 fully saturated rings. The summed E-state index contributed by atoms with van der Waals surface area (Å²) in [4.78, 5) is 0. The van der Waals surface area contributed by atoms with Crippen LogP contribution in [0.25, 0.3) is 0 Å². The number of halogens is 1. The molecule has 3 N–H and O–H groups in total. The van der Waals surface area contributed by atoms with Crippen LogP contribution in [0, 0.1) is 19.7 Å². The first-order valence-electron chi connectivity index (χ1n) is 6.38. The zero-order valence-corrected chi connectivity index (χ0v) is 11.3. The van der Waals surface area contributed by atoms with Crippen LogP contribution in [0.4, 0.5) is 4.39 Å². The van der Waals surface area contributed by atoms with Gasteiger partial charge in [0, 0.05) is 0 Å². The van der Waals surface area contributed by atoms with Gasteiger partial charge in [-0.1, -0.05) is 42.0 Å². The van der Waals surface area contributed by atoms with E-state index in [2.05, 4.69) is 23.6 Å². The fraction of sp³-hybridized carbons (Fsp3) is 0.250. The van der Waals surface area contributed by atoms with E-state index in [9.17, 15) is 4.39 Å². The largest absolute Gasteiger partial charge is 0.271 e. The fourth-order valence-electron chi connectivity index (χ4n) is 2.28. The summed E-state index contributed by atoms with van der Waals surface area (Å²) in [5.74, 6) is 5.46. The first-order chi connectivity index (χ1) is 9.11. The maximum Gasteiger partial charge on any atom is 0.126 e. The zero-order chi connectivity index (χ0) is 13.8.